The van der Waals surface area contributed by atoms with E-state index in [0.29, 0.717) is 0 Å². The first kappa shape index (κ1) is 15.4. The molecule has 3 nitrogen and oxygen atoms in total. The Balaban J connectivity index is 1.37. The molecule has 2 aliphatic rings. The molecular weight excluding hydrogens is 302 g/mol. The predicted molar refractivity (Wildman–Crippen MR) is 99.4 cm³/mol. The van der Waals surface area contributed by atoms with E-state index < -0.39 is 0 Å². The second-order valence-electron chi connectivity index (χ2n) is 7.31. The number of piperazine rings is 1. The monoisotopic (exact) mass is 329 g/mol. The third-order valence-electron chi connectivity index (χ3n) is 5.81. The lowest BCUT2D eigenvalue weighted by molar-refractivity contribution is 0.154. The SMILES string of the molecule is C[C@@H]1CCCC[C@H]1CN1CCN(c2nsc3ccccc23)CC1. The Kier molecular flexibility index (Phi) is 4.54. The van der Waals surface area contributed by atoms with Crippen LogP contribution < -0.4 is 4.90 Å². The highest BCUT2D eigenvalue weighted by Gasteiger charge is 2.26. The summed E-state index contributed by atoms with van der Waals surface area (Å²) in [5.41, 5.74) is 0. The molecule has 1 saturated carbocycles. The first-order valence-corrected chi connectivity index (χ1v) is 9.90. The van der Waals surface area contributed by atoms with Gasteiger partial charge in [-0.15, -0.1) is 0 Å². The number of fused-ring (bicyclic) bond motifs is 1. The van der Waals surface area contributed by atoms with Crippen molar-refractivity contribution in [3.63, 3.8) is 0 Å². The number of hydrogen-bond acceptors (Lipinski definition) is 4. The van der Waals surface area contributed by atoms with Crippen LogP contribution in [0.3, 0.4) is 0 Å². The predicted octanol–water partition coefficient (Wildman–Crippen LogP) is 4.24. The van der Waals surface area contributed by atoms with Crippen LogP contribution in [-0.2, 0) is 0 Å². The largest absolute Gasteiger partial charge is 0.353 e. The van der Waals surface area contributed by atoms with Crippen LogP contribution in [0.25, 0.3) is 10.1 Å². The van der Waals surface area contributed by atoms with E-state index in [1.807, 2.05) is 0 Å². The lowest BCUT2D eigenvalue weighted by atomic mass is 9.80. The molecule has 0 radical (unpaired) electrons. The van der Waals surface area contributed by atoms with Gasteiger partial charge in [-0.3, -0.25) is 4.90 Å². The summed E-state index contributed by atoms with van der Waals surface area (Å²) in [5, 5.41) is 1.33. The van der Waals surface area contributed by atoms with Gasteiger partial charge < -0.3 is 4.90 Å². The molecule has 1 aromatic carbocycles. The zero-order chi connectivity index (χ0) is 15.6. The molecule has 2 aromatic rings. The summed E-state index contributed by atoms with van der Waals surface area (Å²) in [4.78, 5) is 5.18. The highest BCUT2D eigenvalue weighted by Crippen LogP contribution is 2.32. The highest BCUT2D eigenvalue weighted by molar-refractivity contribution is 7.13. The summed E-state index contributed by atoms with van der Waals surface area (Å²) in [6.07, 6.45) is 5.77. The fraction of sp³-hybridized carbons (Fsp3) is 0.632. The van der Waals surface area contributed by atoms with E-state index in [9.17, 15) is 0 Å². The van der Waals surface area contributed by atoms with Crippen molar-refractivity contribution in [3.05, 3.63) is 24.3 Å². The van der Waals surface area contributed by atoms with Gasteiger partial charge in [-0.25, -0.2) is 0 Å². The summed E-state index contributed by atoms with van der Waals surface area (Å²) in [6, 6.07) is 8.62. The average molecular weight is 330 g/mol. The van der Waals surface area contributed by atoms with Gasteiger partial charge in [0.2, 0.25) is 0 Å². The fourth-order valence-electron chi connectivity index (χ4n) is 4.24. The molecule has 1 aromatic heterocycles. The maximum Gasteiger partial charge on any atom is 0.150 e. The topological polar surface area (TPSA) is 19.4 Å². The van der Waals surface area contributed by atoms with Crippen LogP contribution in [0.15, 0.2) is 24.3 Å². The van der Waals surface area contributed by atoms with Crippen molar-refractivity contribution in [2.24, 2.45) is 11.8 Å². The fourth-order valence-corrected chi connectivity index (χ4v) is 5.03. The number of benzene rings is 1. The third-order valence-corrected chi connectivity index (χ3v) is 6.63. The molecule has 1 aliphatic heterocycles. The van der Waals surface area contributed by atoms with E-state index in [1.165, 1.54) is 61.2 Å². The molecular formula is C19H27N3S. The molecule has 2 fully saturated rings. The normalized spacial score (nSPS) is 26.7. The molecule has 0 unspecified atom stereocenters. The Morgan fingerprint density at radius 1 is 1.09 bits per heavy atom. The van der Waals surface area contributed by atoms with Crippen LogP contribution >= 0.6 is 11.5 Å². The number of anilines is 1. The summed E-state index contributed by atoms with van der Waals surface area (Å²) in [6.45, 7) is 8.39. The number of rotatable bonds is 3. The number of aromatic nitrogens is 1. The van der Waals surface area contributed by atoms with Crippen molar-refractivity contribution >= 4 is 27.4 Å². The Hall–Kier alpha value is -1.13. The van der Waals surface area contributed by atoms with Crippen molar-refractivity contribution in [2.45, 2.75) is 32.6 Å². The Labute approximate surface area is 143 Å². The van der Waals surface area contributed by atoms with Gasteiger partial charge in [0.05, 0.1) is 4.70 Å². The van der Waals surface area contributed by atoms with Gasteiger partial charge in [0.25, 0.3) is 0 Å². The molecule has 4 rings (SSSR count). The van der Waals surface area contributed by atoms with Gasteiger partial charge >= 0.3 is 0 Å². The molecule has 2 atom stereocenters. The van der Waals surface area contributed by atoms with E-state index in [1.54, 1.807) is 11.5 Å². The summed E-state index contributed by atoms with van der Waals surface area (Å²) in [7, 11) is 0. The molecule has 1 aliphatic carbocycles. The molecule has 1 saturated heterocycles. The summed E-state index contributed by atoms with van der Waals surface area (Å²) >= 11 is 1.63. The number of hydrogen-bond donors (Lipinski definition) is 0. The molecule has 0 bridgehead atoms. The third kappa shape index (κ3) is 3.24. The van der Waals surface area contributed by atoms with E-state index in [4.69, 9.17) is 4.37 Å². The standard InChI is InChI=1S/C19H27N3S/c1-15-6-2-3-7-16(15)14-21-10-12-22(13-11-21)19-17-8-4-5-9-18(17)23-20-19/h4-5,8-9,15-16H,2-3,6-7,10-14H2,1H3/t15-,16+/m1/s1. The van der Waals surface area contributed by atoms with Gasteiger partial charge in [0.15, 0.2) is 0 Å². The smallest absolute Gasteiger partial charge is 0.150 e. The van der Waals surface area contributed by atoms with Crippen molar-refractivity contribution in [1.29, 1.82) is 0 Å². The molecule has 2 heterocycles. The van der Waals surface area contributed by atoms with Crippen LogP contribution in [-0.4, -0.2) is 42.0 Å². The second-order valence-corrected chi connectivity index (χ2v) is 8.12. The van der Waals surface area contributed by atoms with Crippen molar-refractivity contribution in [1.82, 2.24) is 9.27 Å². The molecule has 124 valence electrons. The lowest BCUT2D eigenvalue weighted by Gasteiger charge is -2.39. The Morgan fingerprint density at radius 2 is 1.87 bits per heavy atom. The van der Waals surface area contributed by atoms with Crippen LogP contribution in [0, 0.1) is 11.8 Å². The summed E-state index contributed by atoms with van der Waals surface area (Å²) in [5.74, 6) is 3.05. The zero-order valence-electron chi connectivity index (χ0n) is 14.1. The maximum absolute atomic E-state index is 4.72. The minimum atomic E-state index is 0.921. The van der Waals surface area contributed by atoms with Gasteiger partial charge in [-0.2, -0.15) is 4.37 Å². The van der Waals surface area contributed by atoms with E-state index >= 15 is 0 Å². The molecule has 23 heavy (non-hydrogen) atoms. The molecule has 0 amide bonds. The Morgan fingerprint density at radius 3 is 2.70 bits per heavy atom. The molecule has 0 N–H and O–H groups in total. The lowest BCUT2D eigenvalue weighted by Crippen LogP contribution is -2.48. The maximum atomic E-state index is 4.72. The quantitative estimate of drug-likeness (QED) is 0.839. The summed E-state index contributed by atoms with van der Waals surface area (Å²) < 4.78 is 6.03. The van der Waals surface area contributed by atoms with E-state index in [2.05, 4.69) is 41.0 Å². The highest BCUT2D eigenvalue weighted by atomic mass is 32.1. The average Bonchev–Trinajstić information content (AvgIpc) is 3.02. The first-order chi connectivity index (χ1) is 11.3. The minimum absolute atomic E-state index is 0.921. The van der Waals surface area contributed by atoms with Crippen LogP contribution in [0.1, 0.15) is 32.6 Å². The van der Waals surface area contributed by atoms with Crippen molar-refractivity contribution in [3.8, 4) is 0 Å². The molecule has 0 spiro atoms. The van der Waals surface area contributed by atoms with E-state index in [0.717, 1.165) is 24.9 Å². The van der Waals surface area contributed by atoms with Crippen LogP contribution in [0.5, 0.6) is 0 Å². The van der Waals surface area contributed by atoms with Crippen molar-refractivity contribution < 1.29 is 0 Å². The van der Waals surface area contributed by atoms with Crippen LogP contribution in [0.2, 0.25) is 0 Å². The van der Waals surface area contributed by atoms with E-state index in [-0.39, 0.29) is 0 Å². The minimum Gasteiger partial charge on any atom is -0.353 e. The van der Waals surface area contributed by atoms with Crippen LogP contribution in [0.4, 0.5) is 5.82 Å². The van der Waals surface area contributed by atoms with Gasteiger partial charge in [0, 0.05) is 38.1 Å². The zero-order valence-corrected chi connectivity index (χ0v) is 14.9. The first-order valence-electron chi connectivity index (χ1n) is 9.13. The van der Waals surface area contributed by atoms with Crippen molar-refractivity contribution in [2.75, 3.05) is 37.6 Å². The van der Waals surface area contributed by atoms with Gasteiger partial charge in [-0.05, 0) is 41.9 Å². The Bertz CT molecular complexity index is 645. The number of nitrogens with zero attached hydrogens (tertiary/aromatic N) is 3. The molecule has 4 heteroatoms. The van der Waals surface area contributed by atoms with Gasteiger partial charge in [-0.1, -0.05) is 38.3 Å². The second kappa shape index (κ2) is 6.78. The van der Waals surface area contributed by atoms with Gasteiger partial charge in [0.1, 0.15) is 5.82 Å².